The zero-order valence-corrected chi connectivity index (χ0v) is 17.0. The quantitative estimate of drug-likeness (QED) is 0.419. The molecule has 158 valence electrons. The lowest BCUT2D eigenvalue weighted by Gasteiger charge is -2.11. The molecule has 1 amide bonds. The summed E-state index contributed by atoms with van der Waals surface area (Å²) in [6.45, 7) is 0. The highest BCUT2D eigenvalue weighted by atomic mass is 32.1. The fraction of sp³-hybridized carbons (Fsp3) is 0.0909. The van der Waals surface area contributed by atoms with Gasteiger partial charge in [-0.15, -0.1) is 11.3 Å². The second-order valence-electron chi connectivity index (χ2n) is 6.50. The van der Waals surface area contributed by atoms with E-state index in [9.17, 15) is 18.0 Å². The standard InChI is InChI=1S/C22H16F3N3O2S/c1-30-18-6-3-2-5-16(18)26-21(29)14-8-10-15(11-9-14)28-17(19-7-4-12-31-19)13-20(27-28)22(23,24)25/h2-13H,1H3,(H,26,29). The Morgan fingerprint density at radius 1 is 1.06 bits per heavy atom. The largest absolute Gasteiger partial charge is 0.495 e. The van der Waals surface area contributed by atoms with E-state index in [4.69, 9.17) is 4.74 Å². The molecule has 0 spiro atoms. The number of thiophene rings is 1. The second kappa shape index (κ2) is 8.27. The van der Waals surface area contributed by atoms with E-state index in [1.165, 1.54) is 35.3 Å². The summed E-state index contributed by atoms with van der Waals surface area (Å²) >= 11 is 1.32. The number of rotatable bonds is 5. The number of hydrogen-bond donors (Lipinski definition) is 1. The number of hydrogen-bond acceptors (Lipinski definition) is 4. The summed E-state index contributed by atoms with van der Waals surface area (Å²) in [5.74, 6) is 0.148. The molecule has 0 fully saturated rings. The molecule has 9 heteroatoms. The Kier molecular flexibility index (Phi) is 5.51. The van der Waals surface area contributed by atoms with Crippen molar-refractivity contribution in [1.82, 2.24) is 9.78 Å². The molecular formula is C22H16F3N3O2S. The van der Waals surface area contributed by atoms with Crippen molar-refractivity contribution in [2.45, 2.75) is 6.18 Å². The van der Waals surface area contributed by atoms with Crippen LogP contribution in [0.5, 0.6) is 5.75 Å². The van der Waals surface area contributed by atoms with Gasteiger partial charge in [-0.05, 0) is 53.9 Å². The number of para-hydroxylation sites is 2. The minimum atomic E-state index is -4.56. The van der Waals surface area contributed by atoms with Crippen LogP contribution in [-0.2, 0) is 6.18 Å². The molecule has 0 bridgehead atoms. The Balaban J connectivity index is 1.64. The molecule has 0 aliphatic heterocycles. The van der Waals surface area contributed by atoms with Crippen LogP contribution >= 0.6 is 11.3 Å². The molecule has 0 radical (unpaired) electrons. The van der Waals surface area contributed by atoms with Gasteiger partial charge in [0.05, 0.1) is 29.1 Å². The lowest BCUT2D eigenvalue weighted by molar-refractivity contribution is -0.141. The number of aromatic nitrogens is 2. The van der Waals surface area contributed by atoms with Crippen molar-refractivity contribution in [2.24, 2.45) is 0 Å². The third-order valence-electron chi connectivity index (χ3n) is 4.50. The van der Waals surface area contributed by atoms with Gasteiger partial charge >= 0.3 is 6.18 Å². The number of nitrogens with zero attached hydrogens (tertiary/aromatic N) is 2. The smallest absolute Gasteiger partial charge is 0.435 e. The third kappa shape index (κ3) is 4.31. The number of anilines is 1. The highest BCUT2D eigenvalue weighted by Crippen LogP contribution is 2.34. The first-order valence-corrected chi connectivity index (χ1v) is 10.0. The Labute approximate surface area is 179 Å². The maximum Gasteiger partial charge on any atom is 0.435 e. The number of ether oxygens (including phenoxy) is 1. The summed E-state index contributed by atoms with van der Waals surface area (Å²) in [6, 6.07) is 17.7. The molecule has 2 aromatic heterocycles. The summed E-state index contributed by atoms with van der Waals surface area (Å²) < 4.78 is 46.2. The van der Waals surface area contributed by atoms with Crippen molar-refractivity contribution in [3.63, 3.8) is 0 Å². The topological polar surface area (TPSA) is 56.1 Å². The third-order valence-corrected chi connectivity index (χ3v) is 5.40. The average molecular weight is 443 g/mol. The SMILES string of the molecule is COc1ccccc1NC(=O)c1ccc(-n2nc(C(F)(F)F)cc2-c2cccs2)cc1. The molecule has 0 saturated heterocycles. The van der Waals surface area contributed by atoms with Crippen molar-refractivity contribution in [3.05, 3.63) is 83.4 Å². The number of halogens is 3. The highest BCUT2D eigenvalue weighted by Gasteiger charge is 2.35. The number of amides is 1. The molecule has 4 rings (SSSR count). The van der Waals surface area contributed by atoms with Gasteiger partial charge in [0.1, 0.15) is 5.75 Å². The molecule has 1 N–H and O–H groups in total. The normalized spacial score (nSPS) is 11.4. The van der Waals surface area contributed by atoms with Crippen molar-refractivity contribution in [3.8, 4) is 22.0 Å². The molecule has 31 heavy (non-hydrogen) atoms. The predicted molar refractivity (Wildman–Crippen MR) is 113 cm³/mol. The number of benzene rings is 2. The fourth-order valence-corrected chi connectivity index (χ4v) is 3.74. The van der Waals surface area contributed by atoms with Gasteiger partial charge in [0.15, 0.2) is 5.69 Å². The van der Waals surface area contributed by atoms with Gasteiger partial charge in [0.2, 0.25) is 0 Å². The summed E-state index contributed by atoms with van der Waals surface area (Å²) in [6.07, 6.45) is -4.56. The summed E-state index contributed by atoms with van der Waals surface area (Å²) in [5.41, 5.74) is 0.617. The molecule has 2 aromatic carbocycles. The van der Waals surface area contributed by atoms with Crippen LogP contribution in [-0.4, -0.2) is 22.8 Å². The van der Waals surface area contributed by atoms with Crippen LogP contribution in [0.25, 0.3) is 16.3 Å². The first-order chi connectivity index (χ1) is 14.9. The van der Waals surface area contributed by atoms with E-state index in [1.807, 2.05) is 0 Å². The molecular weight excluding hydrogens is 427 g/mol. The highest BCUT2D eigenvalue weighted by molar-refractivity contribution is 7.13. The van der Waals surface area contributed by atoms with Gasteiger partial charge in [-0.3, -0.25) is 4.79 Å². The van der Waals surface area contributed by atoms with Crippen molar-refractivity contribution in [2.75, 3.05) is 12.4 Å². The van der Waals surface area contributed by atoms with Crippen LogP contribution in [0.1, 0.15) is 16.1 Å². The van der Waals surface area contributed by atoms with Crippen LogP contribution in [0.15, 0.2) is 72.1 Å². The fourth-order valence-electron chi connectivity index (χ4n) is 3.01. The van der Waals surface area contributed by atoms with Gasteiger partial charge in [0.25, 0.3) is 5.91 Å². The summed E-state index contributed by atoms with van der Waals surface area (Å²) in [7, 11) is 1.50. The van der Waals surface area contributed by atoms with Crippen LogP contribution in [0.3, 0.4) is 0 Å². The van der Waals surface area contributed by atoms with E-state index in [1.54, 1.807) is 53.9 Å². The van der Waals surface area contributed by atoms with Crippen LogP contribution < -0.4 is 10.1 Å². The number of methoxy groups -OCH3 is 1. The number of alkyl halides is 3. The first kappa shape index (κ1) is 20.7. The van der Waals surface area contributed by atoms with Crippen LogP contribution in [0.4, 0.5) is 18.9 Å². The Hall–Kier alpha value is -3.59. The van der Waals surface area contributed by atoms with E-state index >= 15 is 0 Å². The maximum absolute atomic E-state index is 13.2. The lowest BCUT2D eigenvalue weighted by atomic mass is 10.2. The van der Waals surface area contributed by atoms with Gasteiger partial charge < -0.3 is 10.1 Å². The van der Waals surface area contributed by atoms with Gasteiger partial charge in [-0.2, -0.15) is 18.3 Å². The summed E-state index contributed by atoms with van der Waals surface area (Å²) in [4.78, 5) is 13.2. The molecule has 2 heterocycles. The van der Waals surface area contributed by atoms with E-state index in [-0.39, 0.29) is 5.91 Å². The minimum absolute atomic E-state index is 0.327. The van der Waals surface area contributed by atoms with Crippen molar-refractivity contribution < 1.29 is 22.7 Å². The van der Waals surface area contributed by atoms with Crippen LogP contribution in [0, 0.1) is 0 Å². The first-order valence-electron chi connectivity index (χ1n) is 9.13. The molecule has 0 aliphatic rings. The average Bonchev–Trinajstić information content (AvgIpc) is 3.44. The molecule has 0 unspecified atom stereocenters. The van der Waals surface area contributed by atoms with Gasteiger partial charge in [0, 0.05) is 5.56 Å². The van der Waals surface area contributed by atoms with Crippen LogP contribution in [0.2, 0.25) is 0 Å². The van der Waals surface area contributed by atoms with E-state index in [2.05, 4.69) is 10.4 Å². The predicted octanol–water partition coefficient (Wildman–Crippen LogP) is 5.88. The number of nitrogens with one attached hydrogen (secondary N) is 1. The lowest BCUT2D eigenvalue weighted by Crippen LogP contribution is -2.13. The minimum Gasteiger partial charge on any atom is -0.495 e. The molecule has 0 aliphatic carbocycles. The zero-order valence-electron chi connectivity index (χ0n) is 16.2. The molecule has 5 nitrogen and oxygen atoms in total. The molecule has 0 saturated carbocycles. The Morgan fingerprint density at radius 3 is 2.45 bits per heavy atom. The van der Waals surface area contributed by atoms with Gasteiger partial charge in [-0.1, -0.05) is 18.2 Å². The Bertz CT molecular complexity index is 1200. The van der Waals surface area contributed by atoms with Crippen molar-refractivity contribution in [1.29, 1.82) is 0 Å². The monoisotopic (exact) mass is 443 g/mol. The van der Waals surface area contributed by atoms with E-state index in [0.29, 0.717) is 33.3 Å². The van der Waals surface area contributed by atoms with E-state index < -0.39 is 11.9 Å². The zero-order chi connectivity index (χ0) is 22.0. The number of carbonyl (C=O) groups excluding carboxylic acids is 1. The summed E-state index contributed by atoms with van der Waals surface area (Å²) in [5, 5.41) is 8.30. The van der Waals surface area contributed by atoms with Gasteiger partial charge in [-0.25, -0.2) is 4.68 Å². The molecule has 0 atom stereocenters. The molecule has 4 aromatic rings. The second-order valence-corrected chi connectivity index (χ2v) is 7.45. The number of carbonyl (C=O) groups is 1. The van der Waals surface area contributed by atoms with E-state index in [0.717, 1.165) is 6.07 Å². The van der Waals surface area contributed by atoms with Crippen molar-refractivity contribution >= 4 is 22.9 Å². The maximum atomic E-state index is 13.2. The Morgan fingerprint density at radius 2 is 1.81 bits per heavy atom.